The van der Waals surface area contributed by atoms with Crippen LogP contribution in [0.5, 0.6) is 0 Å². The lowest BCUT2D eigenvalue weighted by atomic mass is 10.3. The third-order valence-corrected chi connectivity index (χ3v) is 2.29. The third kappa shape index (κ3) is 5.55. The second kappa shape index (κ2) is 7.13. The van der Waals surface area contributed by atoms with Crippen molar-refractivity contribution >= 4 is 45.9 Å². The highest BCUT2D eigenvalue weighted by Gasteiger charge is 1.96. The van der Waals surface area contributed by atoms with E-state index in [0.29, 0.717) is 5.96 Å². The first-order chi connectivity index (χ1) is 7.49. The number of hydrogen-bond donors (Lipinski definition) is 2. The fourth-order valence-electron chi connectivity index (χ4n) is 0.890. The van der Waals surface area contributed by atoms with Crippen molar-refractivity contribution in [2.75, 3.05) is 14.1 Å². The molecule has 94 valence electrons. The minimum atomic E-state index is 0. The molecule has 0 aliphatic heterocycles. The highest BCUT2D eigenvalue weighted by Crippen LogP contribution is 2.16. The number of hydrogen-bond acceptors (Lipinski definition) is 1. The van der Waals surface area contributed by atoms with Gasteiger partial charge in [-0.15, -0.1) is 12.4 Å². The smallest absolute Gasteiger partial charge is 0.223 e. The van der Waals surface area contributed by atoms with Crippen LogP contribution in [-0.4, -0.2) is 30.9 Å². The number of rotatable bonds is 1. The van der Waals surface area contributed by atoms with Crippen molar-refractivity contribution in [1.82, 2.24) is 4.90 Å². The number of nitrogens with zero attached hydrogens (tertiary/aromatic N) is 3. The van der Waals surface area contributed by atoms with Crippen molar-refractivity contribution in [2.45, 2.75) is 0 Å². The van der Waals surface area contributed by atoms with Gasteiger partial charge in [-0.05, 0) is 24.3 Å². The maximum absolute atomic E-state index is 5.63. The van der Waals surface area contributed by atoms with Crippen LogP contribution in [0.3, 0.4) is 0 Å². The molecule has 0 spiro atoms. The standard InChI is InChI=1S/C10H14BrN5.ClH/c1-16(2)10(13)15-9(12)14-8-5-3-7(11)4-6-8;/h3-6H,1-2H3,(H4,12,13,14,15);1H. The van der Waals surface area contributed by atoms with Gasteiger partial charge in [0.15, 0.2) is 5.96 Å². The van der Waals surface area contributed by atoms with Crippen LogP contribution in [0.4, 0.5) is 5.69 Å². The Hall–Kier alpha value is -1.27. The van der Waals surface area contributed by atoms with Crippen molar-refractivity contribution in [3.63, 3.8) is 0 Å². The van der Waals surface area contributed by atoms with Crippen LogP contribution in [0.2, 0.25) is 0 Å². The molecule has 1 rings (SSSR count). The van der Waals surface area contributed by atoms with E-state index in [9.17, 15) is 0 Å². The van der Waals surface area contributed by atoms with E-state index in [1.165, 1.54) is 0 Å². The average molecular weight is 321 g/mol. The zero-order valence-electron chi connectivity index (χ0n) is 9.59. The summed E-state index contributed by atoms with van der Waals surface area (Å²) in [5.74, 6) is 0.451. The molecule has 0 unspecified atom stereocenters. The molecule has 0 atom stereocenters. The van der Waals surface area contributed by atoms with E-state index in [0.717, 1.165) is 10.2 Å². The molecule has 7 heteroatoms. The Balaban J connectivity index is 0.00000256. The second-order valence-corrected chi connectivity index (χ2v) is 4.23. The fourth-order valence-corrected chi connectivity index (χ4v) is 1.15. The maximum Gasteiger partial charge on any atom is 0.223 e. The molecule has 1 aromatic rings. The van der Waals surface area contributed by atoms with Gasteiger partial charge < -0.3 is 16.4 Å². The number of nitrogens with two attached hydrogens (primary N) is 2. The van der Waals surface area contributed by atoms with Crippen molar-refractivity contribution in [3.8, 4) is 0 Å². The maximum atomic E-state index is 5.63. The largest absolute Gasteiger partial charge is 0.369 e. The molecule has 0 aliphatic carbocycles. The molecule has 0 aromatic heterocycles. The van der Waals surface area contributed by atoms with Crippen LogP contribution in [0, 0.1) is 0 Å². The Bertz CT molecular complexity index is 413. The molecule has 0 saturated heterocycles. The number of benzene rings is 1. The quantitative estimate of drug-likeness (QED) is 0.610. The van der Waals surface area contributed by atoms with Crippen molar-refractivity contribution in [3.05, 3.63) is 28.7 Å². The lowest BCUT2D eigenvalue weighted by molar-refractivity contribution is 0.615. The summed E-state index contributed by atoms with van der Waals surface area (Å²) in [7, 11) is 3.57. The van der Waals surface area contributed by atoms with Gasteiger partial charge in [-0.2, -0.15) is 4.99 Å². The summed E-state index contributed by atoms with van der Waals surface area (Å²) < 4.78 is 0.987. The van der Waals surface area contributed by atoms with E-state index < -0.39 is 0 Å². The number of aliphatic imine (C=N–C) groups is 2. The number of guanidine groups is 2. The zero-order chi connectivity index (χ0) is 12.1. The van der Waals surface area contributed by atoms with Crippen LogP contribution >= 0.6 is 28.3 Å². The van der Waals surface area contributed by atoms with Gasteiger partial charge in [0.25, 0.3) is 0 Å². The highest BCUT2D eigenvalue weighted by molar-refractivity contribution is 9.10. The molecule has 4 N–H and O–H groups in total. The summed E-state index contributed by atoms with van der Waals surface area (Å²) in [6, 6.07) is 7.42. The normalized spacial score (nSPS) is 11.9. The summed E-state index contributed by atoms with van der Waals surface area (Å²) in [5, 5.41) is 0. The predicted molar refractivity (Wildman–Crippen MR) is 78.0 cm³/mol. The lowest BCUT2D eigenvalue weighted by Crippen LogP contribution is -2.32. The van der Waals surface area contributed by atoms with E-state index >= 15 is 0 Å². The van der Waals surface area contributed by atoms with E-state index in [2.05, 4.69) is 25.9 Å². The van der Waals surface area contributed by atoms with Gasteiger partial charge in [0, 0.05) is 18.6 Å². The van der Waals surface area contributed by atoms with Gasteiger partial charge in [-0.25, -0.2) is 4.99 Å². The first-order valence-electron chi connectivity index (χ1n) is 4.60. The molecule has 5 nitrogen and oxygen atoms in total. The Morgan fingerprint density at radius 1 is 1.18 bits per heavy atom. The van der Waals surface area contributed by atoms with Crippen LogP contribution < -0.4 is 11.5 Å². The van der Waals surface area contributed by atoms with Crippen LogP contribution in [0.25, 0.3) is 0 Å². The van der Waals surface area contributed by atoms with Gasteiger partial charge in [-0.1, -0.05) is 15.9 Å². The highest BCUT2D eigenvalue weighted by atomic mass is 79.9. The van der Waals surface area contributed by atoms with Gasteiger partial charge >= 0.3 is 0 Å². The molecule has 0 bridgehead atoms. The zero-order valence-corrected chi connectivity index (χ0v) is 12.0. The van der Waals surface area contributed by atoms with Crippen LogP contribution in [0.15, 0.2) is 38.7 Å². The molecule has 0 saturated carbocycles. The third-order valence-electron chi connectivity index (χ3n) is 1.76. The van der Waals surface area contributed by atoms with E-state index in [-0.39, 0.29) is 18.4 Å². The molecule has 17 heavy (non-hydrogen) atoms. The minimum absolute atomic E-state index is 0. The first kappa shape index (κ1) is 15.7. The minimum Gasteiger partial charge on any atom is -0.369 e. The Morgan fingerprint density at radius 3 is 2.18 bits per heavy atom. The summed E-state index contributed by atoms with van der Waals surface area (Å²) in [6.45, 7) is 0. The molecular formula is C10H15BrClN5. The summed E-state index contributed by atoms with van der Waals surface area (Å²) in [6.07, 6.45) is 0. The lowest BCUT2D eigenvalue weighted by Gasteiger charge is -2.09. The average Bonchev–Trinajstić information content (AvgIpc) is 2.21. The topological polar surface area (TPSA) is 80.0 Å². The monoisotopic (exact) mass is 319 g/mol. The molecule has 0 fully saturated rings. The summed E-state index contributed by atoms with van der Waals surface area (Å²) >= 11 is 3.34. The Kier molecular flexibility index (Phi) is 6.60. The fraction of sp³-hybridized carbons (Fsp3) is 0.200. The van der Waals surface area contributed by atoms with Crippen LogP contribution in [-0.2, 0) is 0 Å². The van der Waals surface area contributed by atoms with Gasteiger partial charge in [0.1, 0.15) is 0 Å². The van der Waals surface area contributed by atoms with E-state index in [1.807, 2.05) is 24.3 Å². The summed E-state index contributed by atoms with van der Waals surface area (Å²) in [5.41, 5.74) is 12.0. The Labute approximate surface area is 115 Å². The van der Waals surface area contributed by atoms with Gasteiger partial charge in [-0.3, -0.25) is 0 Å². The SMILES string of the molecule is CN(C)C(N)=NC(N)=Nc1ccc(Br)cc1.Cl. The van der Waals surface area contributed by atoms with Crippen LogP contribution in [0.1, 0.15) is 0 Å². The van der Waals surface area contributed by atoms with Crippen molar-refractivity contribution in [1.29, 1.82) is 0 Å². The van der Waals surface area contributed by atoms with Crippen molar-refractivity contribution < 1.29 is 0 Å². The number of halogens is 2. The first-order valence-corrected chi connectivity index (χ1v) is 5.39. The summed E-state index contributed by atoms with van der Waals surface area (Å²) in [4.78, 5) is 9.69. The molecule has 1 aromatic carbocycles. The molecule has 0 heterocycles. The predicted octanol–water partition coefficient (Wildman–Crippen LogP) is 1.69. The Morgan fingerprint density at radius 2 is 1.71 bits per heavy atom. The van der Waals surface area contributed by atoms with E-state index in [4.69, 9.17) is 11.5 Å². The molecule has 0 aliphatic rings. The van der Waals surface area contributed by atoms with Gasteiger partial charge in [0.2, 0.25) is 5.96 Å². The molecular weight excluding hydrogens is 306 g/mol. The van der Waals surface area contributed by atoms with Crippen molar-refractivity contribution in [2.24, 2.45) is 21.5 Å². The van der Waals surface area contributed by atoms with E-state index in [1.54, 1.807) is 19.0 Å². The van der Waals surface area contributed by atoms with Gasteiger partial charge in [0.05, 0.1) is 5.69 Å². The molecule has 0 amide bonds. The molecule has 0 radical (unpaired) electrons. The second-order valence-electron chi connectivity index (χ2n) is 3.31.